The summed E-state index contributed by atoms with van der Waals surface area (Å²) in [6.45, 7) is 2.50. The van der Waals surface area contributed by atoms with E-state index in [4.69, 9.17) is 14.0 Å². The molecule has 6 nitrogen and oxygen atoms in total. The number of hydrogen-bond donors (Lipinski definition) is 0. The molecule has 7 heteroatoms. The molecule has 0 saturated heterocycles. The molecule has 0 N–H and O–H groups in total. The summed E-state index contributed by atoms with van der Waals surface area (Å²) in [5.74, 6) is 1.90. The summed E-state index contributed by atoms with van der Waals surface area (Å²) in [6, 6.07) is 14.1. The third-order valence-corrected chi connectivity index (χ3v) is 5.49. The largest absolute Gasteiger partial charge is 0.454 e. The summed E-state index contributed by atoms with van der Waals surface area (Å²) in [7, 11) is 0. The van der Waals surface area contributed by atoms with Gasteiger partial charge in [-0.3, -0.25) is 0 Å². The van der Waals surface area contributed by atoms with E-state index in [1.807, 2.05) is 48.6 Å². The van der Waals surface area contributed by atoms with E-state index >= 15 is 0 Å². The molecule has 3 heterocycles. The number of allylic oxidation sites excluding steroid dienone is 4. The maximum absolute atomic E-state index is 13.3. The summed E-state index contributed by atoms with van der Waals surface area (Å²) in [6.07, 6.45) is 13.1. The van der Waals surface area contributed by atoms with Crippen LogP contribution in [0.4, 0.5) is 10.3 Å². The minimum absolute atomic E-state index is 0.247. The van der Waals surface area contributed by atoms with Crippen molar-refractivity contribution < 1.29 is 18.4 Å². The van der Waals surface area contributed by atoms with Gasteiger partial charge in [0.1, 0.15) is 11.5 Å². The van der Waals surface area contributed by atoms with E-state index in [0.717, 1.165) is 42.1 Å². The Morgan fingerprint density at radius 2 is 1.70 bits per heavy atom. The average molecular weight is 445 g/mol. The molecule has 0 amide bonds. The van der Waals surface area contributed by atoms with Crippen molar-refractivity contribution in [2.45, 2.75) is 13.0 Å². The Bertz CT molecular complexity index is 1170. The fraction of sp³-hybridized carbons (Fsp3) is 0.192. The lowest BCUT2D eigenvalue weighted by Crippen LogP contribution is -2.26. The number of nitrogens with zero attached hydrogens (tertiary/aromatic N) is 3. The van der Waals surface area contributed by atoms with Crippen molar-refractivity contribution in [3.8, 4) is 22.8 Å². The van der Waals surface area contributed by atoms with Crippen LogP contribution in [0.15, 0.2) is 89.8 Å². The van der Waals surface area contributed by atoms with Gasteiger partial charge in [-0.15, -0.1) is 0 Å². The molecule has 0 atom stereocenters. The van der Waals surface area contributed by atoms with Gasteiger partial charge >= 0.3 is 0 Å². The van der Waals surface area contributed by atoms with Crippen LogP contribution in [0.2, 0.25) is 0 Å². The third-order valence-electron chi connectivity index (χ3n) is 5.49. The van der Waals surface area contributed by atoms with Gasteiger partial charge in [0.2, 0.25) is 12.7 Å². The Kier molecular flexibility index (Phi) is 6.10. The quantitative estimate of drug-likeness (QED) is 0.456. The first-order valence-electron chi connectivity index (χ1n) is 10.9. The lowest BCUT2D eigenvalue weighted by Gasteiger charge is -2.23. The average Bonchev–Trinajstić information content (AvgIpc) is 3.43. The van der Waals surface area contributed by atoms with Crippen LogP contribution >= 0.6 is 0 Å². The highest BCUT2D eigenvalue weighted by Gasteiger charge is 2.18. The predicted molar refractivity (Wildman–Crippen MR) is 124 cm³/mol. The van der Waals surface area contributed by atoms with Crippen LogP contribution in [-0.4, -0.2) is 29.9 Å². The van der Waals surface area contributed by atoms with Crippen molar-refractivity contribution in [3.63, 3.8) is 0 Å². The third kappa shape index (κ3) is 5.09. The van der Waals surface area contributed by atoms with Crippen molar-refractivity contribution >= 4 is 5.88 Å². The van der Waals surface area contributed by atoms with Crippen molar-refractivity contribution in [2.24, 2.45) is 0 Å². The smallest absolute Gasteiger partial charge is 0.231 e. The highest BCUT2D eigenvalue weighted by Crippen LogP contribution is 2.33. The molecule has 0 unspecified atom stereocenters. The summed E-state index contributed by atoms with van der Waals surface area (Å²) >= 11 is 0. The van der Waals surface area contributed by atoms with Gasteiger partial charge in [0.05, 0.1) is 0 Å². The van der Waals surface area contributed by atoms with Crippen LogP contribution in [0.1, 0.15) is 12.0 Å². The topological polar surface area (TPSA) is 51.0 Å². The Balaban J connectivity index is 1.33. The lowest BCUT2D eigenvalue weighted by atomic mass is 10.1. The zero-order valence-corrected chi connectivity index (χ0v) is 18.1. The normalized spacial score (nSPS) is 14.0. The van der Waals surface area contributed by atoms with Gasteiger partial charge in [0, 0.05) is 43.7 Å². The Morgan fingerprint density at radius 1 is 0.909 bits per heavy atom. The van der Waals surface area contributed by atoms with Crippen LogP contribution in [-0.2, 0) is 6.54 Å². The van der Waals surface area contributed by atoms with Crippen LogP contribution < -0.4 is 14.4 Å². The number of ether oxygens (including phenoxy) is 2. The van der Waals surface area contributed by atoms with Gasteiger partial charge in [0.25, 0.3) is 0 Å². The fourth-order valence-electron chi connectivity index (χ4n) is 3.79. The number of benzene rings is 2. The first-order valence-corrected chi connectivity index (χ1v) is 10.9. The number of anilines is 1. The van der Waals surface area contributed by atoms with Crippen molar-refractivity contribution in [2.75, 3.05) is 24.8 Å². The molecule has 0 saturated carbocycles. The summed E-state index contributed by atoms with van der Waals surface area (Å²) in [4.78, 5) is 4.31. The lowest BCUT2D eigenvalue weighted by molar-refractivity contribution is 0.174. The molecular weight excluding hydrogens is 421 g/mol. The van der Waals surface area contributed by atoms with E-state index in [0.29, 0.717) is 18.1 Å². The second-order valence-electron chi connectivity index (χ2n) is 7.83. The molecule has 5 rings (SSSR count). The highest BCUT2D eigenvalue weighted by atomic mass is 19.1. The Labute approximate surface area is 191 Å². The molecule has 2 aliphatic rings. The monoisotopic (exact) mass is 445 g/mol. The summed E-state index contributed by atoms with van der Waals surface area (Å²) < 4.78 is 30.0. The van der Waals surface area contributed by atoms with Crippen molar-refractivity contribution in [1.82, 2.24) is 10.1 Å². The summed E-state index contributed by atoms with van der Waals surface area (Å²) in [5.41, 5.74) is 2.56. The molecule has 1 aromatic heterocycles. The van der Waals surface area contributed by atoms with Crippen molar-refractivity contribution in [3.05, 3.63) is 96.6 Å². The molecule has 0 fully saturated rings. The van der Waals surface area contributed by atoms with E-state index in [9.17, 15) is 4.39 Å². The zero-order valence-electron chi connectivity index (χ0n) is 18.1. The molecule has 168 valence electrons. The van der Waals surface area contributed by atoms with Gasteiger partial charge in [-0.1, -0.05) is 23.4 Å². The minimum Gasteiger partial charge on any atom is -0.454 e. The number of rotatable bonds is 8. The second-order valence-corrected chi connectivity index (χ2v) is 7.83. The zero-order chi connectivity index (χ0) is 22.5. The molecule has 3 aromatic rings. The van der Waals surface area contributed by atoms with E-state index in [2.05, 4.69) is 27.4 Å². The van der Waals surface area contributed by atoms with E-state index in [1.165, 1.54) is 12.1 Å². The molecular formula is C26H24FN3O3. The molecule has 0 spiro atoms. The van der Waals surface area contributed by atoms with Gasteiger partial charge in [-0.25, -0.2) is 4.39 Å². The number of hydrogen-bond acceptors (Lipinski definition) is 6. The Hall–Kier alpha value is -4.00. The van der Waals surface area contributed by atoms with Gasteiger partial charge < -0.3 is 23.8 Å². The standard InChI is InChI=1S/C26H24FN3O3/c27-22-9-7-21(8-10-22)23-17-26(33-28-23)30(15-5-14-29-12-3-1-2-4-13-29)18-20-6-11-24-25(16-20)32-19-31-24/h1-4,6-13,16-17H,5,14-15,18-19H2. The Morgan fingerprint density at radius 3 is 2.52 bits per heavy atom. The molecule has 0 bridgehead atoms. The van der Waals surface area contributed by atoms with Crippen LogP contribution in [0.3, 0.4) is 0 Å². The minimum atomic E-state index is -0.279. The van der Waals surface area contributed by atoms with Crippen LogP contribution in [0, 0.1) is 5.82 Å². The maximum atomic E-state index is 13.3. The van der Waals surface area contributed by atoms with Crippen LogP contribution in [0.5, 0.6) is 11.5 Å². The van der Waals surface area contributed by atoms with E-state index in [1.54, 1.807) is 12.1 Å². The molecule has 2 aromatic carbocycles. The van der Waals surface area contributed by atoms with Crippen LogP contribution in [0.25, 0.3) is 11.3 Å². The molecule has 0 aliphatic carbocycles. The number of fused-ring (bicyclic) bond motifs is 1. The van der Waals surface area contributed by atoms with E-state index < -0.39 is 0 Å². The highest BCUT2D eigenvalue weighted by molar-refractivity contribution is 5.62. The number of halogens is 1. The first kappa shape index (κ1) is 20.9. The SMILES string of the molecule is Fc1ccc(-c2cc(N(CCCN3C=CC=CC=C3)Cc3ccc4c(c3)OCO4)on2)cc1. The molecule has 2 aliphatic heterocycles. The fourth-order valence-corrected chi connectivity index (χ4v) is 3.79. The van der Waals surface area contributed by atoms with E-state index in [-0.39, 0.29) is 12.6 Å². The first-order chi connectivity index (χ1) is 16.2. The summed E-state index contributed by atoms with van der Waals surface area (Å²) in [5, 5.41) is 4.22. The maximum Gasteiger partial charge on any atom is 0.231 e. The number of aromatic nitrogens is 1. The molecule has 33 heavy (non-hydrogen) atoms. The van der Waals surface area contributed by atoms with Gasteiger partial charge in [0.15, 0.2) is 11.5 Å². The van der Waals surface area contributed by atoms with Gasteiger partial charge in [-0.05, 0) is 60.5 Å². The molecule has 0 radical (unpaired) electrons. The van der Waals surface area contributed by atoms with Crippen molar-refractivity contribution in [1.29, 1.82) is 0 Å². The second kappa shape index (κ2) is 9.65. The van der Waals surface area contributed by atoms with Gasteiger partial charge in [-0.2, -0.15) is 0 Å². The predicted octanol–water partition coefficient (Wildman–Crippen LogP) is 5.51.